The van der Waals surface area contributed by atoms with Crippen molar-refractivity contribution >= 4 is 17.9 Å². The molecule has 0 aromatic carbocycles. The number of aliphatic carboxylic acids is 1. The SMILES string of the molecule is CC(NC(=O)NC1CCC(C(=O)O)C1)C(=O)NC(C)(C)C. The highest BCUT2D eigenvalue weighted by molar-refractivity contribution is 5.87. The van der Waals surface area contributed by atoms with Crippen molar-refractivity contribution in [3.05, 3.63) is 0 Å². The molecule has 3 amide bonds. The number of carbonyl (C=O) groups is 3. The first kappa shape index (κ1) is 17.3. The van der Waals surface area contributed by atoms with Crippen LogP contribution in [0, 0.1) is 5.92 Å². The van der Waals surface area contributed by atoms with Crippen molar-refractivity contribution in [3.8, 4) is 0 Å². The summed E-state index contributed by atoms with van der Waals surface area (Å²) in [5.41, 5.74) is -0.357. The monoisotopic (exact) mass is 299 g/mol. The van der Waals surface area contributed by atoms with Crippen molar-refractivity contribution in [3.63, 3.8) is 0 Å². The van der Waals surface area contributed by atoms with Gasteiger partial charge in [-0.3, -0.25) is 9.59 Å². The first-order valence-corrected chi connectivity index (χ1v) is 7.20. The fourth-order valence-electron chi connectivity index (χ4n) is 2.30. The molecule has 0 aromatic rings. The number of urea groups is 1. The van der Waals surface area contributed by atoms with E-state index in [1.807, 2.05) is 20.8 Å². The lowest BCUT2D eigenvalue weighted by molar-refractivity contribution is -0.141. The first-order chi connectivity index (χ1) is 9.58. The van der Waals surface area contributed by atoms with Gasteiger partial charge in [0, 0.05) is 11.6 Å². The van der Waals surface area contributed by atoms with Gasteiger partial charge in [-0.05, 0) is 47.0 Å². The zero-order valence-corrected chi connectivity index (χ0v) is 13.0. The summed E-state index contributed by atoms with van der Waals surface area (Å²) in [6, 6.07) is -1.24. The molecule has 0 spiro atoms. The highest BCUT2D eigenvalue weighted by Gasteiger charge is 2.31. The average Bonchev–Trinajstić information content (AvgIpc) is 2.74. The molecule has 1 fully saturated rings. The van der Waals surface area contributed by atoms with Gasteiger partial charge in [-0.1, -0.05) is 0 Å². The normalized spacial score (nSPS) is 23.2. The van der Waals surface area contributed by atoms with E-state index in [-0.39, 0.29) is 17.5 Å². The fraction of sp³-hybridized carbons (Fsp3) is 0.786. The second-order valence-electron chi connectivity index (χ2n) is 6.62. The Morgan fingerprint density at radius 2 is 1.81 bits per heavy atom. The van der Waals surface area contributed by atoms with Gasteiger partial charge in [-0.25, -0.2) is 4.79 Å². The summed E-state index contributed by atoms with van der Waals surface area (Å²) < 4.78 is 0. The maximum Gasteiger partial charge on any atom is 0.315 e. The number of nitrogens with one attached hydrogen (secondary N) is 3. The summed E-state index contributed by atoms with van der Waals surface area (Å²) in [6.07, 6.45) is 1.65. The third-order valence-corrected chi connectivity index (χ3v) is 3.36. The molecule has 3 atom stereocenters. The number of carboxylic acid groups (broad SMARTS) is 1. The van der Waals surface area contributed by atoms with E-state index in [0.717, 1.165) is 0 Å². The Kier molecular flexibility index (Phi) is 5.57. The lowest BCUT2D eigenvalue weighted by atomic mass is 10.1. The van der Waals surface area contributed by atoms with Gasteiger partial charge in [0.05, 0.1) is 5.92 Å². The predicted octanol–water partition coefficient (Wildman–Crippen LogP) is 0.842. The smallest absolute Gasteiger partial charge is 0.315 e. The molecule has 0 radical (unpaired) electrons. The van der Waals surface area contributed by atoms with Gasteiger partial charge in [-0.2, -0.15) is 0 Å². The number of carboxylic acids is 1. The van der Waals surface area contributed by atoms with Crippen molar-refractivity contribution in [2.75, 3.05) is 0 Å². The third kappa shape index (κ3) is 6.01. The number of amides is 3. The minimum absolute atomic E-state index is 0.149. The first-order valence-electron chi connectivity index (χ1n) is 7.20. The largest absolute Gasteiger partial charge is 0.481 e. The molecular formula is C14H25N3O4. The predicted molar refractivity (Wildman–Crippen MR) is 77.8 cm³/mol. The summed E-state index contributed by atoms with van der Waals surface area (Å²) in [5.74, 6) is -1.47. The maximum absolute atomic E-state index is 11.8. The summed E-state index contributed by atoms with van der Waals surface area (Å²) in [7, 11) is 0. The van der Waals surface area contributed by atoms with Gasteiger partial charge in [0.2, 0.25) is 5.91 Å². The Hall–Kier alpha value is -1.79. The zero-order chi connectivity index (χ0) is 16.2. The van der Waals surface area contributed by atoms with Crippen molar-refractivity contribution in [2.45, 2.75) is 64.6 Å². The second kappa shape index (κ2) is 6.78. The number of hydrogen-bond donors (Lipinski definition) is 4. The minimum atomic E-state index is -0.822. The molecule has 0 saturated heterocycles. The van der Waals surface area contributed by atoms with Gasteiger partial charge >= 0.3 is 12.0 Å². The molecule has 0 aromatic heterocycles. The minimum Gasteiger partial charge on any atom is -0.481 e. The molecule has 1 saturated carbocycles. The summed E-state index contributed by atoms with van der Waals surface area (Å²) >= 11 is 0. The Bertz CT molecular complexity index is 417. The Labute approximate surface area is 124 Å². The molecule has 3 unspecified atom stereocenters. The number of hydrogen-bond acceptors (Lipinski definition) is 3. The van der Waals surface area contributed by atoms with Crippen molar-refractivity contribution < 1.29 is 19.5 Å². The standard InChI is InChI=1S/C14H25N3O4/c1-8(11(18)17-14(2,3)4)15-13(21)16-10-6-5-9(7-10)12(19)20/h8-10H,5-7H2,1-4H3,(H,17,18)(H,19,20)(H2,15,16,21). The highest BCUT2D eigenvalue weighted by atomic mass is 16.4. The van der Waals surface area contributed by atoms with E-state index in [2.05, 4.69) is 16.0 Å². The van der Waals surface area contributed by atoms with Crippen molar-refractivity contribution in [1.29, 1.82) is 0 Å². The third-order valence-electron chi connectivity index (χ3n) is 3.36. The molecule has 21 heavy (non-hydrogen) atoms. The van der Waals surface area contributed by atoms with E-state index < -0.39 is 24.0 Å². The average molecular weight is 299 g/mol. The molecule has 1 rings (SSSR count). The highest BCUT2D eigenvalue weighted by Crippen LogP contribution is 2.25. The molecule has 7 heteroatoms. The van der Waals surface area contributed by atoms with E-state index in [9.17, 15) is 14.4 Å². The van der Waals surface area contributed by atoms with Gasteiger partial charge in [0.25, 0.3) is 0 Å². The van der Waals surface area contributed by atoms with E-state index in [0.29, 0.717) is 19.3 Å². The second-order valence-corrected chi connectivity index (χ2v) is 6.62. The van der Waals surface area contributed by atoms with Crippen molar-refractivity contribution in [1.82, 2.24) is 16.0 Å². The van der Waals surface area contributed by atoms with Gasteiger partial charge in [-0.15, -0.1) is 0 Å². The van der Waals surface area contributed by atoms with Crippen LogP contribution in [0.3, 0.4) is 0 Å². The van der Waals surface area contributed by atoms with Crippen LogP contribution in [0.4, 0.5) is 4.79 Å². The van der Waals surface area contributed by atoms with Crippen LogP contribution in [-0.2, 0) is 9.59 Å². The van der Waals surface area contributed by atoms with Gasteiger partial charge in [0.1, 0.15) is 6.04 Å². The van der Waals surface area contributed by atoms with Crippen LogP contribution < -0.4 is 16.0 Å². The maximum atomic E-state index is 11.8. The Balaban J connectivity index is 2.37. The topological polar surface area (TPSA) is 108 Å². The zero-order valence-electron chi connectivity index (χ0n) is 13.0. The number of rotatable bonds is 4. The molecular weight excluding hydrogens is 274 g/mol. The molecule has 4 N–H and O–H groups in total. The van der Waals surface area contributed by atoms with E-state index >= 15 is 0 Å². The van der Waals surface area contributed by atoms with Gasteiger partial charge < -0.3 is 21.1 Å². The molecule has 0 bridgehead atoms. The molecule has 0 heterocycles. The molecule has 7 nitrogen and oxygen atoms in total. The quantitative estimate of drug-likeness (QED) is 0.617. The molecule has 120 valence electrons. The van der Waals surface area contributed by atoms with Crippen LogP contribution in [0.25, 0.3) is 0 Å². The summed E-state index contributed by atoms with van der Waals surface area (Å²) in [5, 5.41) is 17.0. The summed E-state index contributed by atoms with van der Waals surface area (Å²) in [6.45, 7) is 7.20. The van der Waals surface area contributed by atoms with Crippen LogP contribution >= 0.6 is 0 Å². The van der Waals surface area contributed by atoms with E-state index in [4.69, 9.17) is 5.11 Å². The summed E-state index contributed by atoms with van der Waals surface area (Å²) in [4.78, 5) is 34.5. The lowest BCUT2D eigenvalue weighted by Gasteiger charge is -2.24. The van der Waals surface area contributed by atoms with E-state index in [1.165, 1.54) is 0 Å². The Morgan fingerprint density at radius 1 is 1.19 bits per heavy atom. The van der Waals surface area contributed by atoms with Crippen LogP contribution in [0.2, 0.25) is 0 Å². The Morgan fingerprint density at radius 3 is 2.29 bits per heavy atom. The van der Waals surface area contributed by atoms with Crippen LogP contribution in [0.1, 0.15) is 47.0 Å². The lowest BCUT2D eigenvalue weighted by Crippen LogP contribution is -2.53. The fourth-order valence-corrected chi connectivity index (χ4v) is 2.30. The van der Waals surface area contributed by atoms with Crippen molar-refractivity contribution in [2.24, 2.45) is 5.92 Å². The van der Waals surface area contributed by atoms with Crippen LogP contribution in [0.15, 0.2) is 0 Å². The number of carbonyl (C=O) groups excluding carboxylic acids is 2. The molecule has 1 aliphatic carbocycles. The molecule has 0 aliphatic heterocycles. The van der Waals surface area contributed by atoms with Crippen LogP contribution in [0.5, 0.6) is 0 Å². The van der Waals surface area contributed by atoms with E-state index in [1.54, 1.807) is 6.92 Å². The van der Waals surface area contributed by atoms with Gasteiger partial charge in [0.15, 0.2) is 0 Å². The molecule has 1 aliphatic rings. The van der Waals surface area contributed by atoms with Crippen LogP contribution in [-0.4, -0.2) is 40.6 Å².